The first kappa shape index (κ1) is 33.3. The summed E-state index contributed by atoms with van der Waals surface area (Å²) in [5, 5.41) is 11.5. The summed E-state index contributed by atoms with van der Waals surface area (Å²) in [5.74, 6) is -6.27. The lowest BCUT2D eigenvalue weighted by Crippen LogP contribution is -2.65. The van der Waals surface area contributed by atoms with Crippen molar-refractivity contribution in [1.82, 2.24) is 9.80 Å². The number of hydrogen-bond acceptors (Lipinski definition) is 4. The van der Waals surface area contributed by atoms with Crippen LogP contribution in [0.2, 0.25) is 0 Å². The maximum absolute atomic E-state index is 15.2. The number of aliphatic hydroxyl groups is 1. The molecule has 3 fully saturated rings. The topological polar surface area (TPSA) is 60.9 Å². The van der Waals surface area contributed by atoms with Gasteiger partial charge in [0.1, 0.15) is 5.60 Å². The Morgan fingerprint density at radius 1 is 0.957 bits per heavy atom. The summed E-state index contributed by atoms with van der Waals surface area (Å²) in [6.45, 7) is 10.7. The molecule has 1 heterocycles. The molecule has 1 aliphatic heterocycles. The summed E-state index contributed by atoms with van der Waals surface area (Å²) >= 11 is 0. The van der Waals surface area contributed by atoms with Gasteiger partial charge in [-0.05, 0) is 78.7 Å². The summed E-state index contributed by atoms with van der Waals surface area (Å²) in [5.41, 5.74) is -0.339. The van der Waals surface area contributed by atoms with Gasteiger partial charge in [0.05, 0.1) is 0 Å². The Morgan fingerprint density at radius 3 is 2.22 bits per heavy atom. The van der Waals surface area contributed by atoms with E-state index in [1.807, 2.05) is 49.9 Å². The molecular weight excluding hydrogens is 603 g/mol. The van der Waals surface area contributed by atoms with E-state index in [-0.39, 0.29) is 30.4 Å². The van der Waals surface area contributed by atoms with E-state index in [9.17, 15) is 27.9 Å². The third-order valence-electron chi connectivity index (χ3n) is 11.9. The number of fused-ring (bicyclic) bond motifs is 4. The third-order valence-corrected chi connectivity index (χ3v) is 11.9. The first-order valence-corrected chi connectivity index (χ1v) is 16.6. The van der Waals surface area contributed by atoms with Gasteiger partial charge in [-0.25, -0.2) is 0 Å². The lowest BCUT2D eigenvalue weighted by atomic mass is 9.50. The third kappa shape index (κ3) is 5.26. The largest absolute Gasteiger partial charge is 0.456 e. The van der Waals surface area contributed by atoms with Crippen LogP contribution in [0.25, 0.3) is 0 Å². The fourth-order valence-electron chi connectivity index (χ4n) is 9.41. The van der Waals surface area contributed by atoms with E-state index in [0.29, 0.717) is 45.3 Å². The Kier molecular flexibility index (Phi) is 8.15. The molecule has 5 atom stereocenters. The second-order valence-corrected chi connectivity index (χ2v) is 15.5. The minimum Gasteiger partial charge on any atom is -0.383 e. The molecule has 0 aromatic heterocycles. The number of nitrogens with zero attached hydrogens (tertiary/aromatic N) is 2. The van der Waals surface area contributed by atoms with Crippen molar-refractivity contribution in [2.24, 2.45) is 22.7 Å². The molecule has 4 aliphatic carbocycles. The van der Waals surface area contributed by atoms with Crippen LogP contribution < -0.4 is 0 Å². The molecule has 0 radical (unpaired) electrons. The van der Waals surface area contributed by atoms with Crippen LogP contribution in [0, 0.1) is 22.7 Å². The first-order chi connectivity index (χ1) is 21.4. The van der Waals surface area contributed by atoms with E-state index in [2.05, 4.69) is 4.90 Å². The van der Waals surface area contributed by atoms with Gasteiger partial charge in [0.25, 0.3) is 0 Å². The van der Waals surface area contributed by atoms with Crippen molar-refractivity contribution in [2.45, 2.75) is 103 Å². The molecular formula is C36H45F5N2O3. The van der Waals surface area contributed by atoms with E-state index < -0.39 is 46.8 Å². The Bertz CT molecular complexity index is 1450. The van der Waals surface area contributed by atoms with E-state index in [1.54, 1.807) is 6.08 Å². The van der Waals surface area contributed by atoms with Gasteiger partial charge in [0, 0.05) is 55.9 Å². The molecule has 5 aliphatic rings. The highest BCUT2D eigenvalue weighted by Gasteiger charge is 2.79. The number of carbonyl (C=O) groups excluding carboxylic acids is 2. The molecule has 0 spiro atoms. The molecule has 252 valence electrons. The molecule has 46 heavy (non-hydrogen) atoms. The van der Waals surface area contributed by atoms with Gasteiger partial charge in [-0.1, -0.05) is 57.5 Å². The molecule has 0 bridgehead atoms. The van der Waals surface area contributed by atoms with Crippen LogP contribution in [-0.4, -0.2) is 70.5 Å². The number of ketones is 1. The predicted octanol–water partition coefficient (Wildman–Crippen LogP) is 7.21. The SMILES string of the molecule is CC(C)(C)C(=O)N1CCN(Cc2ccc([C@H]3CC4(C)C(CC[C@@]4(O)C(F)(F)C(F)(F)F)C4CCC5=CC(=O)CCC5=C43)cc2)CC1. The smallest absolute Gasteiger partial charge is 0.383 e. The zero-order valence-corrected chi connectivity index (χ0v) is 27.2. The van der Waals surface area contributed by atoms with Crippen molar-refractivity contribution >= 4 is 11.7 Å². The van der Waals surface area contributed by atoms with Crippen molar-refractivity contribution in [3.8, 4) is 0 Å². The molecule has 6 rings (SSSR count). The second-order valence-electron chi connectivity index (χ2n) is 15.5. The number of amides is 1. The number of hydrogen-bond donors (Lipinski definition) is 1. The fourth-order valence-corrected chi connectivity index (χ4v) is 9.41. The van der Waals surface area contributed by atoms with Crippen LogP contribution in [-0.2, 0) is 16.1 Å². The van der Waals surface area contributed by atoms with Crippen molar-refractivity contribution in [3.63, 3.8) is 0 Å². The number of halogens is 5. The lowest BCUT2D eigenvalue weighted by Gasteiger charge is -2.56. The summed E-state index contributed by atoms with van der Waals surface area (Å²) in [6, 6.07) is 7.89. The number of carbonyl (C=O) groups is 2. The molecule has 1 saturated heterocycles. The van der Waals surface area contributed by atoms with Crippen LogP contribution in [0.4, 0.5) is 22.0 Å². The average molecular weight is 649 g/mol. The van der Waals surface area contributed by atoms with Crippen LogP contribution in [0.3, 0.4) is 0 Å². The quantitative estimate of drug-likeness (QED) is 0.351. The monoisotopic (exact) mass is 648 g/mol. The summed E-state index contributed by atoms with van der Waals surface area (Å²) in [6.07, 6.45) is -2.69. The average Bonchev–Trinajstić information content (AvgIpc) is 3.27. The Balaban J connectivity index is 1.30. The number of benzene rings is 1. The Hall–Kier alpha value is -2.59. The first-order valence-electron chi connectivity index (χ1n) is 16.6. The Labute approximate surface area is 267 Å². The van der Waals surface area contributed by atoms with Crippen molar-refractivity contribution in [2.75, 3.05) is 26.2 Å². The number of rotatable bonds is 4. The maximum atomic E-state index is 15.2. The van der Waals surface area contributed by atoms with E-state index in [1.165, 1.54) is 6.92 Å². The van der Waals surface area contributed by atoms with Gasteiger partial charge >= 0.3 is 12.1 Å². The second kappa shape index (κ2) is 11.2. The highest BCUT2D eigenvalue weighted by Crippen LogP contribution is 2.70. The molecule has 2 saturated carbocycles. The lowest BCUT2D eigenvalue weighted by molar-refractivity contribution is -0.362. The predicted molar refractivity (Wildman–Crippen MR) is 164 cm³/mol. The van der Waals surface area contributed by atoms with Gasteiger partial charge < -0.3 is 10.0 Å². The fraction of sp³-hybridized carbons (Fsp3) is 0.667. The van der Waals surface area contributed by atoms with Gasteiger partial charge in [0.15, 0.2) is 5.78 Å². The summed E-state index contributed by atoms with van der Waals surface area (Å²) in [7, 11) is 0. The zero-order chi connectivity index (χ0) is 33.4. The minimum atomic E-state index is -5.87. The van der Waals surface area contributed by atoms with Gasteiger partial charge in [-0.15, -0.1) is 0 Å². The van der Waals surface area contributed by atoms with Crippen molar-refractivity contribution < 1.29 is 36.6 Å². The molecule has 1 aromatic rings. The number of alkyl halides is 5. The number of piperazine rings is 1. The van der Waals surface area contributed by atoms with E-state index in [4.69, 9.17) is 0 Å². The molecule has 10 heteroatoms. The van der Waals surface area contributed by atoms with Gasteiger partial charge in [-0.2, -0.15) is 22.0 Å². The summed E-state index contributed by atoms with van der Waals surface area (Å²) < 4.78 is 72.0. The molecule has 1 amide bonds. The molecule has 5 nitrogen and oxygen atoms in total. The summed E-state index contributed by atoms with van der Waals surface area (Å²) in [4.78, 5) is 29.2. The highest BCUT2D eigenvalue weighted by atomic mass is 19.4. The van der Waals surface area contributed by atoms with Crippen LogP contribution in [0.1, 0.15) is 89.7 Å². The maximum Gasteiger partial charge on any atom is 0.456 e. The van der Waals surface area contributed by atoms with Crippen LogP contribution in [0.5, 0.6) is 0 Å². The van der Waals surface area contributed by atoms with Crippen LogP contribution >= 0.6 is 0 Å². The van der Waals surface area contributed by atoms with Gasteiger partial charge in [0.2, 0.25) is 5.91 Å². The van der Waals surface area contributed by atoms with Gasteiger partial charge in [-0.3, -0.25) is 14.5 Å². The standard InChI is InChI=1S/C36H45F5N2O3/c1-32(2,3)31(45)43-17-15-42(16-18-43)21-22-5-7-23(8-6-22)28-20-33(4)29(13-14-34(33,46)35(37,38)36(39,40)41)27-11-9-24-19-25(44)10-12-26(24)30(27)28/h5-8,19,27-29,46H,9-18,20-21H2,1-4H3/t27?,28-,29?,33?,34+/m1/s1. The Morgan fingerprint density at radius 2 is 1.61 bits per heavy atom. The molecule has 1 N–H and O–H groups in total. The minimum absolute atomic E-state index is 0.0283. The van der Waals surface area contributed by atoms with Crippen LogP contribution in [0.15, 0.2) is 47.1 Å². The van der Waals surface area contributed by atoms with Crippen molar-refractivity contribution in [1.29, 1.82) is 0 Å². The molecule has 1 aromatic carbocycles. The number of allylic oxidation sites excluding steroid dienone is 4. The molecule has 3 unspecified atom stereocenters. The van der Waals surface area contributed by atoms with E-state index >= 15 is 8.78 Å². The normalized spacial score (nSPS) is 32.6. The zero-order valence-electron chi connectivity index (χ0n) is 27.2. The highest BCUT2D eigenvalue weighted by molar-refractivity contribution is 5.93. The van der Waals surface area contributed by atoms with E-state index in [0.717, 1.165) is 40.9 Å². The van der Waals surface area contributed by atoms with Crippen molar-refractivity contribution in [3.05, 3.63) is 58.2 Å².